The summed E-state index contributed by atoms with van der Waals surface area (Å²) in [6.07, 6.45) is 1.48. The molecular formula is C19H28O6S. The molecule has 1 heterocycles. The molecule has 0 aromatic heterocycles. The van der Waals surface area contributed by atoms with Gasteiger partial charge in [0.1, 0.15) is 12.2 Å². The Morgan fingerprint density at radius 2 is 1.92 bits per heavy atom. The Balaban J connectivity index is 1.90. The first-order chi connectivity index (χ1) is 12.5. The summed E-state index contributed by atoms with van der Waals surface area (Å²) in [5, 5.41) is -0.530. The van der Waals surface area contributed by atoms with Crippen LogP contribution in [-0.4, -0.2) is 60.1 Å². The van der Waals surface area contributed by atoms with Crippen molar-refractivity contribution in [3.05, 3.63) is 35.4 Å². The van der Waals surface area contributed by atoms with E-state index in [1.807, 2.05) is 24.3 Å². The fourth-order valence-electron chi connectivity index (χ4n) is 4.17. The van der Waals surface area contributed by atoms with E-state index in [9.17, 15) is 8.42 Å². The molecule has 6 nitrogen and oxygen atoms in total. The molecular weight excluding hydrogens is 356 g/mol. The third-order valence-corrected chi connectivity index (χ3v) is 7.79. The van der Waals surface area contributed by atoms with Crippen LogP contribution in [0.1, 0.15) is 35.6 Å². The maximum absolute atomic E-state index is 13.4. The van der Waals surface area contributed by atoms with Gasteiger partial charge in [0, 0.05) is 27.8 Å². The zero-order valence-electron chi connectivity index (χ0n) is 15.6. The zero-order chi connectivity index (χ0) is 18.7. The summed E-state index contributed by atoms with van der Waals surface area (Å²) in [6, 6.07) is 7.81. The van der Waals surface area contributed by atoms with Crippen molar-refractivity contribution in [1.29, 1.82) is 0 Å². The van der Waals surface area contributed by atoms with Gasteiger partial charge in [-0.25, -0.2) is 8.42 Å². The molecule has 1 aliphatic heterocycles. The second kappa shape index (κ2) is 8.35. The van der Waals surface area contributed by atoms with Gasteiger partial charge in [0.05, 0.1) is 18.0 Å². The Bertz CT molecular complexity index is 704. The Kier molecular flexibility index (Phi) is 6.35. The molecule has 1 unspecified atom stereocenters. The average Bonchev–Trinajstić information content (AvgIpc) is 2.67. The van der Waals surface area contributed by atoms with E-state index in [-0.39, 0.29) is 25.2 Å². The van der Waals surface area contributed by atoms with Crippen LogP contribution in [0.2, 0.25) is 0 Å². The normalized spacial score (nSPS) is 32.2. The van der Waals surface area contributed by atoms with E-state index in [0.717, 1.165) is 24.0 Å². The topological polar surface area (TPSA) is 71.1 Å². The van der Waals surface area contributed by atoms with Gasteiger partial charge in [-0.1, -0.05) is 24.3 Å². The van der Waals surface area contributed by atoms with Gasteiger partial charge in [0.15, 0.2) is 15.3 Å². The number of sulfone groups is 1. The Labute approximate surface area is 155 Å². The van der Waals surface area contributed by atoms with Crippen LogP contribution in [0.5, 0.6) is 0 Å². The molecule has 0 spiro atoms. The summed E-state index contributed by atoms with van der Waals surface area (Å²) in [4.78, 5) is 0. The first-order valence-corrected chi connectivity index (χ1v) is 10.6. The van der Waals surface area contributed by atoms with Gasteiger partial charge in [0.2, 0.25) is 0 Å². The van der Waals surface area contributed by atoms with Gasteiger partial charge >= 0.3 is 0 Å². The molecule has 1 aromatic carbocycles. The third kappa shape index (κ3) is 3.68. The maximum Gasteiger partial charge on any atom is 0.184 e. The van der Waals surface area contributed by atoms with Crippen LogP contribution in [-0.2, 0) is 35.2 Å². The molecule has 1 aliphatic carbocycles. The standard InChI is InChI=1S/C19H28O6S/c1-22-12-16-19(24-3)15(23-2)11-18(25-16)26(20,21)17-10-6-8-13-7-4-5-9-14(13)17/h4-5,7,9,15-19H,6,8,10-12H2,1-3H3/t15-,16-,17?,18-,19+/m1/s1. The second-order valence-electron chi connectivity index (χ2n) is 6.94. The number of aryl methyl sites for hydroxylation is 1. The number of fused-ring (bicyclic) bond motifs is 1. The fraction of sp³-hybridized carbons (Fsp3) is 0.684. The van der Waals surface area contributed by atoms with Crippen molar-refractivity contribution in [2.45, 2.75) is 54.7 Å². The van der Waals surface area contributed by atoms with Gasteiger partial charge in [-0.3, -0.25) is 0 Å². The minimum absolute atomic E-state index is 0.256. The number of methoxy groups -OCH3 is 3. The predicted octanol–water partition coefficient (Wildman–Crippen LogP) is 2.27. The first kappa shape index (κ1) is 19.8. The van der Waals surface area contributed by atoms with E-state index in [1.54, 1.807) is 21.3 Å². The molecule has 1 fully saturated rings. The van der Waals surface area contributed by atoms with Crippen LogP contribution < -0.4 is 0 Å². The summed E-state index contributed by atoms with van der Waals surface area (Å²) in [5.41, 5.74) is 1.11. The number of benzene rings is 1. The first-order valence-electron chi connectivity index (χ1n) is 9.03. The van der Waals surface area contributed by atoms with Gasteiger partial charge in [-0.05, 0) is 30.4 Å². The molecule has 0 bridgehead atoms. The molecule has 0 N–H and O–H groups in total. The Hall–Kier alpha value is -0.990. The lowest BCUT2D eigenvalue weighted by Gasteiger charge is -2.41. The summed E-state index contributed by atoms with van der Waals surface area (Å²) in [6.45, 7) is 0.256. The molecule has 7 heteroatoms. The van der Waals surface area contributed by atoms with Gasteiger partial charge in [-0.2, -0.15) is 0 Å². The van der Waals surface area contributed by atoms with E-state index < -0.39 is 26.6 Å². The fourth-order valence-corrected chi connectivity index (χ4v) is 6.37. The molecule has 0 amide bonds. The Morgan fingerprint density at radius 3 is 2.62 bits per heavy atom. The molecule has 146 valence electrons. The van der Waals surface area contributed by atoms with E-state index in [2.05, 4.69) is 0 Å². The number of hydrogen-bond donors (Lipinski definition) is 0. The molecule has 1 saturated heterocycles. The molecule has 0 saturated carbocycles. The summed E-state index contributed by atoms with van der Waals surface area (Å²) < 4.78 is 49.1. The quantitative estimate of drug-likeness (QED) is 0.749. The highest BCUT2D eigenvalue weighted by atomic mass is 32.2. The highest BCUT2D eigenvalue weighted by molar-refractivity contribution is 7.92. The monoisotopic (exact) mass is 384 g/mol. The minimum atomic E-state index is -3.54. The van der Waals surface area contributed by atoms with E-state index in [0.29, 0.717) is 6.42 Å². The van der Waals surface area contributed by atoms with Crippen LogP contribution >= 0.6 is 0 Å². The SMILES string of the molecule is COC[C@H]1O[C@H](S(=O)(=O)C2CCCc3ccccc32)C[C@@H](OC)[C@@H]1OC. The highest BCUT2D eigenvalue weighted by Gasteiger charge is 2.47. The largest absolute Gasteiger partial charge is 0.382 e. The second-order valence-corrected chi connectivity index (χ2v) is 9.21. The lowest BCUT2D eigenvalue weighted by Crippen LogP contribution is -2.54. The minimum Gasteiger partial charge on any atom is -0.382 e. The molecule has 26 heavy (non-hydrogen) atoms. The summed E-state index contributed by atoms with van der Waals surface area (Å²) in [5.74, 6) is 0. The third-order valence-electron chi connectivity index (χ3n) is 5.47. The van der Waals surface area contributed by atoms with Crippen LogP contribution in [0, 0.1) is 0 Å². The Morgan fingerprint density at radius 1 is 1.15 bits per heavy atom. The summed E-state index contributed by atoms with van der Waals surface area (Å²) >= 11 is 0. The van der Waals surface area contributed by atoms with Crippen molar-refractivity contribution >= 4 is 9.84 Å². The zero-order valence-corrected chi connectivity index (χ0v) is 16.4. The predicted molar refractivity (Wildman–Crippen MR) is 97.8 cm³/mol. The number of rotatable bonds is 6. The molecule has 0 radical (unpaired) electrons. The molecule has 2 aliphatic rings. The van der Waals surface area contributed by atoms with Crippen LogP contribution in [0.3, 0.4) is 0 Å². The van der Waals surface area contributed by atoms with E-state index in [4.69, 9.17) is 18.9 Å². The molecule has 5 atom stereocenters. The lowest BCUT2D eigenvalue weighted by atomic mass is 9.91. The van der Waals surface area contributed by atoms with Crippen LogP contribution in [0.4, 0.5) is 0 Å². The van der Waals surface area contributed by atoms with Gasteiger partial charge in [0.25, 0.3) is 0 Å². The van der Waals surface area contributed by atoms with Gasteiger partial charge in [-0.15, -0.1) is 0 Å². The van der Waals surface area contributed by atoms with Crippen LogP contribution in [0.25, 0.3) is 0 Å². The van der Waals surface area contributed by atoms with Gasteiger partial charge < -0.3 is 18.9 Å². The van der Waals surface area contributed by atoms with E-state index in [1.165, 1.54) is 0 Å². The lowest BCUT2D eigenvalue weighted by molar-refractivity contribution is -0.181. The van der Waals surface area contributed by atoms with Crippen LogP contribution in [0.15, 0.2) is 24.3 Å². The van der Waals surface area contributed by atoms with Crippen molar-refractivity contribution in [2.75, 3.05) is 27.9 Å². The number of hydrogen-bond acceptors (Lipinski definition) is 6. The van der Waals surface area contributed by atoms with Crippen molar-refractivity contribution in [3.63, 3.8) is 0 Å². The average molecular weight is 384 g/mol. The smallest absolute Gasteiger partial charge is 0.184 e. The van der Waals surface area contributed by atoms with Crippen molar-refractivity contribution in [3.8, 4) is 0 Å². The van der Waals surface area contributed by atoms with Crippen molar-refractivity contribution < 1.29 is 27.4 Å². The summed E-state index contributed by atoms with van der Waals surface area (Å²) in [7, 11) is 1.18. The van der Waals surface area contributed by atoms with Crippen molar-refractivity contribution in [1.82, 2.24) is 0 Å². The number of ether oxygens (including phenoxy) is 4. The maximum atomic E-state index is 13.4. The highest BCUT2D eigenvalue weighted by Crippen LogP contribution is 2.40. The van der Waals surface area contributed by atoms with Crippen molar-refractivity contribution in [2.24, 2.45) is 0 Å². The molecule has 1 aromatic rings. The van der Waals surface area contributed by atoms with E-state index >= 15 is 0 Å². The molecule has 3 rings (SSSR count).